The fraction of sp³-hybridized carbons (Fsp3) is 0.462. The maximum absolute atomic E-state index is 12.1. The number of nitrogens with one attached hydrogen (secondary N) is 3. The highest BCUT2D eigenvalue weighted by Crippen LogP contribution is 2.16. The Labute approximate surface area is 120 Å². The van der Waals surface area contributed by atoms with Crippen LogP contribution in [-0.2, 0) is 14.8 Å². The zero-order valence-electron chi connectivity index (χ0n) is 12.1. The van der Waals surface area contributed by atoms with Crippen LogP contribution in [0.5, 0.6) is 0 Å². The molecule has 0 bridgehead atoms. The number of amides is 1. The lowest BCUT2D eigenvalue weighted by atomic mass is 10.0. The molecule has 1 aromatic rings. The van der Waals surface area contributed by atoms with Crippen LogP contribution < -0.4 is 15.4 Å². The second-order valence-corrected chi connectivity index (χ2v) is 6.81. The van der Waals surface area contributed by atoms with Crippen LogP contribution in [0, 0.1) is 0 Å². The third kappa shape index (κ3) is 5.18. The van der Waals surface area contributed by atoms with Crippen molar-refractivity contribution in [3.63, 3.8) is 0 Å². The molecule has 7 heteroatoms. The minimum atomic E-state index is -3.29. The fourth-order valence-electron chi connectivity index (χ4n) is 1.65. The lowest BCUT2D eigenvalue weighted by molar-refractivity contribution is -0.121. The van der Waals surface area contributed by atoms with Gasteiger partial charge in [0.05, 0.1) is 11.8 Å². The van der Waals surface area contributed by atoms with Gasteiger partial charge in [-0.1, -0.05) is 6.92 Å². The summed E-state index contributed by atoms with van der Waals surface area (Å²) in [7, 11) is -3.29. The zero-order valence-corrected chi connectivity index (χ0v) is 13.0. The van der Waals surface area contributed by atoms with Crippen LogP contribution in [0.15, 0.2) is 24.3 Å². The molecule has 0 radical (unpaired) electrons. The molecule has 0 fully saturated rings. The highest BCUT2D eigenvalue weighted by Gasteiger charge is 2.25. The second kappa shape index (κ2) is 6.23. The Morgan fingerprint density at radius 2 is 1.65 bits per heavy atom. The van der Waals surface area contributed by atoms with Crippen molar-refractivity contribution in [2.75, 3.05) is 22.8 Å². The first-order valence-corrected chi connectivity index (χ1v) is 8.17. The number of likely N-dealkylation sites (N-methyl/N-ethyl adjacent to an activating group) is 1. The smallest absolute Gasteiger partial charge is 0.244 e. The van der Waals surface area contributed by atoms with E-state index in [1.807, 2.05) is 6.92 Å². The molecule has 1 aromatic carbocycles. The molecule has 6 nitrogen and oxygen atoms in total. The first kappa shape index (κ1) is 16.5. The Bertz CT molecular complexity index is 565. The highest BCUT2D eigenvalue weighted by molar-refractivity contribution is 7.92. The Hall–Kier alpha value is -1.60. The average Bonchev–Trinajstić information content (AvgIpc) is 2.29. The molecule has 0 spiro atoms. The summed E-state index contributed by atoms with van der Waals surface area (Å²) in [6.07, 6.45) is 1.08. The summed E-state index contributed by atoms with van der Waals surface area (Å²) in [5.74, 6) is -0.150. The molecule has 0 aromatic heterocycles. The number of carbonyl (C=O) groups is 1. The largest absolute Gasteiger partial charge is 0.325 e. The number of hydrogen-bond acceptors (Lipinski definition) is 4. The lowest BCUT2D eigenvalue weighted by Crippen LogP contribution is -2.49. The van der Waals surface area contributed by atoms with Gasteiger partial charge in [0.2, 0.25) is 15.9 Å². The first-order valence-electron chi connectivity index (χ1n) is 6.28. The van der Waals surface area contributed by atoms with E-state index in [1.54, 1.807) is 38.1 Å². The van der Waals surface area contributed by atoms with E-state index in [2.05, 4.69) is 15.4 Å². The van der Waals surface area contributed by atoms with Gasteiger partial charge in [0, 0.05) is 11.4 Å². The Morgan fingerprint density at radius 1 is 1.15 bits per heavy atom. The van der Waals surface area contributed by atoms with Crippen LogP contribution in [-0.4, -0.2) is 32.7 Å². The quantitative estimate of drug-likeness (QED) is 0.740. The van der Waals surface area contributed by atoms with E-state index in [1.165, 1.54) is 0 Å². The van der Waals surface area contributed by atoms with Crippen molar-refractivity contribution in [1.82, 2.24) is 5.32 Å². The third-order valence-corrected chi connectivity index (χ3v) is 3.24. The van der Waals surface area contributed by atoms with E-state index >= 15 is 0 Å². The van der Waals surface area contributed by atoms with Crippen molar-refractivity contribution in [2.45, 2.75) is 26.3 Å². The summed E-state index contributed by atoms with van der Waals surface area (Å²) in [5, 5.41) is 5.86. The summed E-state index contributed by atoms with van der Waals surface area (Å²) in [4.78, 5) is 12.1. The molecule has 20 heavy (non-hydrogen) atoms. The predicted molar refractivity (Wildman–Crippen MR) is 81.3 cm³/mol. The van der Waals surface area contributed by atoms with Crippen LogP contribution in [0.4, 0.5) is 11.4 Å². The Morgan fingerprint density at radius 3 is 2.10 bits per heavy atom. The van der Waals surface area contributed by atoms with Crippen molar-refractivity contribution in [1.29, 1.82) is 0 Å². The summed E-state index contributed by atoms with van der Waals surface area (Å²) >= 11 is 0. The summed E-state index contributed by atoms with van der Waals surface area (Å²) in [5.41, 5.74) is 0.398. The molecule has 0 heterocycles. The van der Waals surface area contributed by atoms with Gasteiger partial charge in [-0.3, -0.25) is 9.52 Å². The van der Waals surface area contributed by atoms with Gasteiger partial charge in [0.25, 0.3) is 0 Å². The molecule has 3 N–H and O–H groups in total. The fourth-order valence-corrected chi connectivity index (χ4v) is 2.21. The van der Waals surface area contributed by atoms with Crippen molar-refractivity contribution >= 4 is 27.3 Å². The van der Waals surface area contributed by atoms with E-state index in [9.17, 15) is 13.2 Å². The average molecular weight is 299 g/mol. The number of benzene rings is 1. The number of sulfonamides is 1. The monoisotopic (exact) mass is 299 g/mol. The summed E-state index contributed by atoms with van der Waals surface area (Å²) in [6, 6.07) is 6.48. The SMILES string of the molecule is CCNC(C)(C)C(=O)Nc1ccc(NS(C)(=O)=O)cc1. The van der Waals surface area contributed by atoms with E-state index in [0.29, 0.717) is 17.9 Å². The van der Waals surface area contributed by atoms with Crippen molar-refractivity contribution in [3.05, 3.63) is 24.3 Å². The van der Waals surface area contributed by atoms with Crippen LogP contribution in [0.1, 0.15) is 20.8 Å². The second-order valence-electron chi connectivity index (χ2n) is 5.06. The Kier molecular flexibility index (Phi) is 5.13. The molecule has 0 atom stereocenters. The minimum Gasteiger partial charge on any atom is -0.325 e. The first-order chi connectivity index (χ1) is 9.14. The zero-order chi connectivity index (χ0) is 15.4. The van der Waals surface area contributed by atoms with E-state index in [0.717, 1.165) is 6.26 Å². The van der Waals surface area contributed by atoms with E-state index in [-0.39, 0.29) is 5.91 Å². The van der Waals surface area contributed by atoms with Crippen molar-refractivity contribution < 1.29 is 13.2 Å². The number of anilines is 2. The summed E-state index contributed by atoms with van der Waals surface area (Å²) in [6.45, 7) is 6.22. The number of hydrogen-bond donors (Lipinski definition) is 3. The highest BCUT2D eigenvalue weighted by atomic mass is 32.2. The van der Waals surface area contributed by atoms with Gasteiger partial charge < -0.3 is 10.6 Å². The topological polar surface area (TPSA) is 87.3 Å². The molecule has 1 amide bonds. The molecule has 0 saturated heterocycles. The van der Waals surface area contributed by atoms with Gasteiger partial charge in [-0.2, -0.15) is 0 Å². The van der Waals surface area contributed by atoms with Crippen molar-refractivity contribution in [3.8, 4) is 0 Å². The van der Waals surface area contributed by atoms with Gasteiger partial charge >= 0.3 is 0 Å². The number of carbonyl (C=O) groups excluding carboxylic acids is 1. The molecule has 0 aliphatic heterocycles. The van der Waals surface area contributed by atoms with Gasteiger partial charge in [0.15, 0.2) is 0 Å². The normalized spacial score (nSPS) is 12.0. The standard InChI is InChI=1S/C13H21N3O3S/c1-5-14-13(2,3)12(17)15-10-6-8-11(9-7-10)16-20(4,18)19/h6-9,14,16H,5H2,1-4H3,(H,15,17). The van der Waals surface area contributed by atoms with Gasteiger partial charge in [-0.05, 0) is 44.7 Å². The van der Waals surface area contributed by atoms with E-state index in [4.69, 9.17) is 0 Å². The van der Waals surface area contributed by atoms with Crippen molar-refractivity contribution in [2.24, 2.45) is 0 Å². The maximum Gasteiger partial charge on any atom is 0.244 e. The third-order valence-electron chi connectivity index (χ3n) is 2.63. The molecule has 112 valence electrons. The van der Waals surface area contributed by atoms with Gasteiger partial charge in [0.1, 0.15) is 0 Å². The van der Waals surface area contributed by atoms with Gasteiger partial charge in [-0.25, -0.2) is 8.42 Å². The maximum atomic E-state index is 12.1. The van der Waals surface area contributed by atoms with Crippen LogP contribution in [0.25, 0.3) is 0 Å². The van der Waals surface area contributed by atoms with Gasteiger partial charge in [-0.15, -0.1) is 0 Å². The molecular weight excluding hydrogens is 278 g/mol. The molecule has 0 aliphatic carbocycles. The molecular formula is C13H21N3O3S. The minimum absolute atomic E-state index is 0.150. The number of rotatable bonds is 6. The Balaban J connectivity index is 2.73. The van der Waals surface area contributed by atoms with E-state index < -0.39 is 15.6 Å². The lowest BCUT2D eigenvalue weighted by Gasteiger charge is -2.24. The van der Waals surface area contributed by atoms with Crippen LogP contribution in [0.3, 0.4) is 0 Å². The van der Waals surface area contributed by atoms with Crippen LogP contribution in [0.2, 0.25) is 0 Å². The molecule has 1 rings (SSSR count). The predicted octanol–water partition coefficient (Wildman–Crippen LogP) is 1.38. The van der Waals surface area contributed by atoms with Crippen LogP contribution >= 0.6 is 0 Å². The molecule has 0 unspecified atom stereocenters. The molecule has 0 aliphatic rings. The molecule has 0 saturated carbocycles. The summed E-state index contributed by atoms with van der Waals surface area (Å²) < 4.78 is 24.5.